The first-order chi connectivity index (χ1) is 12.8. The molecule has 6 nitrogen and oxygen atoms in total. The molecule has 0 unspecified atom stereocenters. The molecule has 1 aromatic carbocycles. The molecule has 140 valence electrons. The molecule has 0 saturated heterocycles. The number of hydrogen-bond acceptors (Lipinski definition) is 6. The number of anilines is 2. The summed E-state index contributed by atoms with van der Waals surface area (Å²) < 4.78 is 41.0. The molecule has 0 amide bonds. The second-order valence-electron chi connectivity index (χ2n) is 6.17. The minimum absolute atomic E-state index is 0.00421. The molecule has 10 heteroatoms. The Labute approximate surface area is 164 Å². The van der Waals surface area contributed by atoms with E-state index in [9.17, 15) is 12.8 Å². The largest absolute Gasteiger partial charge is 0.397 e. The molecule has 0 radical (unpaired) electrons. The van der Waals surface area contributed by atoms with Gasteiger partial charge in [0, 0.05) is 10.4 Å². The van der Waals surface area contributed by atoms with Crippen LogP contribution in [-0.4, -0.2) is 18.4 Å². The molecule has 0 aliphatic heterocycles. The summed E-state index contributed by atoms with van der Waals surface area (Å²) in [4.78, 5) is 9.24. The second-order valence-corrected chi connectivity index (χ2v) is 9.24. The van der Waals surface area contributed by atoms with Crippen LogP contribution in [0.25, 0.3) is 11.3 Å². The summed E-state index contributed by atoms with van der Waals surface area (Å²) in [7, 11) is -3.89. The van der Waals surface area contributed by atoms with Gasteiger partial charge in [0.15, 0.2) is 10.2 Å². The van der Waals surface area contributed by atoms with E-state index in [2.05, 4.69) is 14.7 Å². The van der Waals surface area contributed by atoms with Crippen LogP contribution in [0.15, 0.2) is 41.6 Å². The molecule has 2 heterocycles. The van der Waals surface area contributed by atoms with E-state index in [0.29, 0.717) is 22.9 Å². The summed E-state index contributed by atoms with van der Waals surface area (Å²) in [5, 5.41) is 0.0765. The molecular weight excluding hydrogens is 411 g/mol. The van der Waals surface area contributed by atoms with Crippen molar-refractivity contribution in [1.29, 1.82) is 0 Å². The number of nitrogen functional groups attached to an aromatic ring is 1. The Morgan fingerprint density at radius 1 is 1.26 bits per heavy atom. The SMILES string of the molecule is Nc1ccc(S(=O)(=O)Nc2nc(-c3ccc(F)c(Cl)c3)c(C3CC3)s2)nc1. The minimum Gasteiger partial charge on any atom is -0.397 e. The van der Waals surface area contributed by atoms with Crippen LogP contribution in [0.4, 0.5) is 15.2 Å². The van der Waals surface area contributed by atoms with Gasteiger partial charge in [-0.3, -0.25) is 4.72 Å². The Kier molecular flexibility index (Phi) is 4.53. The lowest BCUT2D eigenvalue weighted by Gasteiger charge is -2.04. The lowest BCUT2D eigenvalue weighted by atomic mass is 10.1. The number of aromatic nitrogens is 2. The number of hydrogen-bond donors (Lipinski definition) is 2. The van der Waals surface area contributed by atoms with Gasteiger partial charge in [-0.2, -0.15) is 8.42 Å². The zero-order valence-electron chi connectivity index (χ0n) is 13.8. The summed E-state index contributed by atoms with van der Waals surface area (Å²) >= 11 is 7.16. The van der Waals surface area contributed by atoms with Gasteiger partial charge in [0.1, 0.15) is 5.82 Å². The van der Waals surface area contributed by atoms with Crippen LogP contribution >= 0.6 is 22.9 Å². The highest BCUT2D eigenvalue weighted by atomic mass is 35.5. The normalized spacial score (nSPS) is 14.3. The van der Waals surface area contributed by atoms with Gasteiger partial charge in [-0.1, -0.05) is 11.6 Å². The van der Waals surface area contributed by atoms with Crippen LogP contribution in [0.1, 0.15) is 23.6 Å². The van der Waals surface area contributed by atoms with Gasteiger partial charge in [-0.15, -0.1) is 11.3 Å². The lowest BCUT2D eigenvalue weighted by molar-refractivity contribution is 0.597. The van der Waals surface area contributed by atoms with Gasteiger partial charge >= 0.3 is 0 Å². The number of nitrogens with one attached hydrogen (secondary N) is 1. The van der Waals surface area contributed by atoms with E-state index in [1.165, 1.54) is 41.8 Å². The first-order valence-electron chi connectivity index (χ1n) is 8.04. The highest BCUT2D eigenvalue weighted by Gasteiger charge is 2.31. The molecule has 4 rings (SSSR count). The van der Waals surface area contributed by atoms with Gasteiger partial charge in [0.2, 0.25) is 0 Å². The van der Waals surface area contributed by atoms with E-state index in [-0.39, 0.29) is 15.2 Å². The van der Waals surface area contributed by atoms with E-state index in [4.69, 9.17) is 17.3 Å². The zero-order valence-corrected chi connectivity index (χ0v) is 16.2. The molecule has 3 aromatic rings. The van der Waals surface area contributed by atoms with E-state index in [1.807, 2.05) is 0 Å². The average molecular weight is 425 g/mol. The fourth-order valence-electron chi connectivity index (χ4n) is 2.57. The molecule has 0 bridgehead atoms. The summed E-state index contributed by atoms with van der Waals surface area (Å²) in [6.45, 7) is 0. The number of sulfonamides is 1. The summed E-state index contributed by atoms with van der Waals surface area (Å²) in [5.41, 5.74) is 7.18. The van der Waals surface area contributed by atoms with Gasteiger partial charge in [0.25, 0.3) is 10.0 Å². The number of rotatable bonds is 5. The summed E-state index contributed by atoms with van der Waals surface area (Å²) in [6, 6.07) is 7.15. The quantitative estimate of drug-likeness (QED) is 0.637. The number of halogens is 2. The molecule has 1 saturated carbocycles. The van der Waals surface area contributed by atoms with E-state index < -0.39 is 15.8 Å². The number of thiazole rings is 1. The molecule has 0 spiro atoms. The lowest BCUT2D eigenvalue weighted by Crippen LogP contribution is -2.14. The Morgan fingerprint density at radius 3 is 2.67 bits per heavy atom. The Balaban J connectivity index is 1.70. The summed E-state index contributed by atoms with van der Waals surface area (Å²) in [6.07, 6.45) is 3.30. The van der Waals surface area contributed by atoms with Crippen molar-refractivity contribution in [3.05, 3.63) is 52.2 Å². The third-order valence-corrected chi connectivity index (χ3v) is 6.86. The predicted molar refractivity (Wildman–Crippen MR) is 104 cm³/mol. The molecule has 0 atom stereocenters. The minimum atomic E-state index is -3.89. The van der Waals surface area contributed by atoms with Crippen molar-refractivity contribution in [2.45, 2.75) is 23.8 Å². The number of benzene rings is 1. The van der Waals surface area contributed by atoms with Crippen molar-refractivity contribution in [2.75, 3.05) is 10.5 Å². The van der Waals surface area contributed by atoms with Crippen LogP contribution in [0.3, 0.4) is 0 Å². The van der Waals surface area contributed by atoms with Crippen molar-refractivity contribution in [2.24, 2.45) is 0 Å². The van der Waals surface area contributed by atoms with Crippen LogP contribution in [0, 0.1) is 5.82 Å². The molecular formula is C17H14ClFN4O2S2. The predicted octanol–water partition coefficient (Wildman–Crippen LogP) is 4.26. The zero-order chi connectivity index (χ0) is 19.2. The first kappa shape index (κ1) is 18.1. The number of nitrogens with two attached hydrogens (primary N) is 1. The first-order valence-corrected chi connectivity index (χ1v) is 10.7. The molecule has 2 aromatic heterocycles. The standard InChI is InChI=1S/C17H14ClFN4O2S2/c18-12-7-10(3-5-13(12)19)15-16(9-1-2-9)26-17(22-15)23-27(24,25)14-6-4-11(20)8-21-14/h3-9H,1-2,20H2,(H,22,23). The van der Waals surface area contributed by atoms with Crippen molar-refractivity contribution in [3.8, 4) is 11.3 Å². The molecule has 1 fully saturated rings. The van der Waals surface area contributed by atoms with Gasteiger partial charge < -0.3 is 5.73 Å². The van der Waals surface area contributed by atoms with Crippen molar-refractivity contribution in [1.82, 2.24) is 9.97 Å². The highest BCUT2D eigenvalue weighted by Crippen LogP contribution is 2.48. The maximum atomic E-state index is 13.5. The van der Waals surface area contributed by atoms with Gasteiger partial charge in [0.05, 0.1) is 22.6 Å². The second kappa shape index (κ2) is 6.74. The fourth-order valence-corrected chi connectivity index (χ4v) is 5.07. The third-order valence-electron chi connectivity index (χ3n) is 4.05. The Bertz CT molecular complexity index is 1110. The Morgan fingerprint density at radius 2 is 2.04 bits per heavy atom. The van der Waals surface area contributed by atoms with Crippen molar-refractivity contribution < 1.29 is 12.8 Å². The summed E-state index contributed by atoms with van der Waals surface area (Å²) in [5.74, 6) is -0.187. The smallest absolute Gasteiger partial charge is 0.281 e. The molecule has 3 N–H and O–H groups in total. The Hall–Kier alpha value is -2.23. The van der Waals surface area contributed by atoms with Crippen LogP contribution in [0.5, 0.6) is 0 Å². The fraction of sp³-hybridized carbons (Fsp3) is 0.176. The number of nitrogens with zero attached hydrogens (tertiary/aromatic N) is 2. The van der Waals surface area contributed by atoms with Crippen molar-refractivity contribution >= 4 is 43.8 Å². The molecule has 27 heavy (non-hydrogen) atoms. The van der Waals surface area contributed by atoms with Crippen LogP contribution in [-0.2, 0) is 10.0 Å². The van der Waals surface area contributed by atoms with Gasteiger partial charge in [-0.25, -0.2) is 14.4 Å². The number of pyridine rings is 1. The van der Waals surface area contributed by atoms with E-state index in [0.717, 1.165) is 17.7 Å². The molecule has 1 aliphatic carbocycles. The van der Waals surface area contributed by atoms with Crippen molar-refractivity contribution in [3.63, 3.8) is 0 Å². The average Bonchev–Trinajstić information content (AvgIpc) is 3.38. The van der Waals surface area contributed by atoms with Crippen LogP contribution < -0.4 is 10.5 Å². The molecule has 1 aliphatic rings. The van der Waals surface area contributed by atoms with Crippen LogP contribution in [0.2, 0.25) is 5.02 Å². The van der Waals surface area contributed by atoms with Gasteiger partial charge in [-0.05, 0) is 49.1 Å². The highest BCUT2D eigenvalue weighted by molar-refractivity contribution is 7.92. The van der Waals surface area contributed by atoms with E-state index >= 15 is 0 Å². The third kappa shape index (κ3) is 3.76. The van der Waals surface area contributed by atoms with E-state index in [1.54, 1.807) is 6.07 Å². The topological polar surface area (TPSA) is 98.0 Å². The maximum Gasteiger partial charge on any atom is 0.281 e. The monoisotopic (exact) mass is 424 g/mol. The maximum absolute atomic E-state index is 13.5.